The maximum absolute atomic E-state index is 5.72. The molecule has 4 aliphatic carbocycles. The first-order valence-corrected chi connectivity index (χ1v) is 21.3. The van der Waals surface area contributed by atoms with Crippen LogP contribution in [0.4, 0.5) is 0 Å². The fourth-order valence-corrected chi connectivity index (χ4v) is 11.7. The normalized spacial score (nSPS) is 34.2. The van der Waals surface area contributed by atoms with E-state index >= 15 is 0 Å². The van der Waals surface area contributed by atoms with E-state index in [1.54, 1.807) is 0 Å². The second-order valence-electron chi connectivity index (χ2n) is 18.1. The Bertz CT molecular complexity index is 900. The van der Waals surface area contributed by atoms with E-state index < -0.39 is 0 Å². The molecule has 0 spiro atoms. The van der Waals surface area contributed by atoms with Crippen molar-refractivity contribution in [2.24, 2.45) is 57.8 Å². The van der Waals surface area contributed by atoms with Gasteiger partial charge in [0.2, 0.25) is 0 Å². The van der Waals surface area contributed by atoms with Gasteiger partial charge in [0.25, 0.3) is 0 Å². The summed E-state index contributed by atoms with van der Waals surface area (Å²) in [5.41, 5.74) is 14.2. The van der Waals surface area contributed by atoms with Crippen LogP contribution in [0.3, 0.4) is 0 Å². The van der Waals surface area contributed by atoms with Gasteiger partial charge in [-0.25, -0.2) is 0 Å². The summed E-state index contributed by atoms with van der Waals surface area (Å²) >= 11 is 0. The van der Waals surface area contributed by atoms with Gasteiger partial charge in [0.1, 0.15) is 0 Å². The lowest BCUT2D eigenvalue weighted by atomic mass is 9.45. The highest BCUT2D eigenvalue weighted by Gasteiger charge is 2.60. The van der Waals surface area contributed by atoms with Gasteiger partial charge in [-0.2, -0.15) is 0 Å². The molecule has 0 aromatic carbocycles. The maximum Gasteiger partial charge on any atom is 0.0288 e. The highest BCUT2D eigenvalue weighted by atomic mass is 14.9. The molecule has 0 saturated heterocycles. The molecule has 0 amide bonds. The van der Waals surface area contributed by atoms with Gasteiger partial charge < -0.3 is 22.1 Å². The summed E-state index contributed by atoms with van der Waals surface area (Å²) in [6.07, 6.45) is 32.9. The first kappa shape index (κ1) is 39.4. The lowest BCUT2D eigenvalue weighted by Crippen LogP contribution is -2.57. The van der Waals surface area contributed by atoms with Gasteiger partial charge in [0.05, 0.1) is 0 Å². The Morgan fingerprint density at radius 3 is 1.94 bits per heavy atom. The van der Waals surface area contributed by atoms with E-state index in [1.807, 2.05) is 5.57 Å². The van der Waals surface area contributed by atoms with Gasteiger partial charge in [-0.15, -0.1) is 0 Å². The predicted octanol–water partition coefficient (Wildman–Crippen LogP) is 10.2. The Labute approximate surface area is 293 Å². The zero-order chi connectivity index (χ0) is 33.7. The topological polar surface area (TPSA) is 76.1 Å². The number of hydrogen-bond donors (Lipinski definition) is 4. The molecule has 274 valence electrons. The average Bonchev–Trinajstić information content (AvgIpc) is 3.41. The molecule has 0 aliphatic heterocycles. The van der Waals surface area contributed by atoms with Crippen LogP contribution in [-0.4, -0.2) is 38.3 Å². The maximum atomic E-state index is 5.72. The predicted molar refractivity (Wildman–Crippen MR) is 206 cm³/mol. The second-order valence-corrected chi connectivity index (χ2v) is 18.1. The van der Waals surface area contributed by atoms with Crippen molar-refractivity contribution >= 4 is 0 Å². The number of nitrogens with two attached hydrogens (primary N) is 2. The molecule has 0 aromatic rings. The molecule has 3 fully saturated rings. The largest absolute Gasteiger partial charge is 0.330 e. The minimum atomic E-state index is 0.381. The molecule has 0 aromatic heterocycles. The Kier molecular flexibility index (Phi) is 16.6. The zero-order valence-corrected chi connectivity index (χ0v) is 32.2. The smallest absolute Gasteiger partial charge is 0.0288 e. The van der Waals surface area contributed by atoms with Gasteiger partial charge in [-0.05, 0) is 149 Å². The summed E-state index contributed by atoms with van der Waals surface area (Å²) in [5, 5.41) is 8.26. The number of rotatable bonds is 23. The number of fused-ring (bicyclic) bond motifs is 5. The molecule has 0 radical (unpaired) electrons. The average molecular weight is 655 g/mol. The SMILES string of the molecule is CC(C)CCCC(C)C1CCC2C3CC(NCCCCCCCCN)C4=CC(NCCCCCCCCN)CCC4(C)C3CCC12C. The third kappa shape index (κ3) is 10.6. The van der Waals surface area contributed by atoms with Crippen molar-refractivity contribution in [3.8, 4) is 0 Å². The summed E-state index contributed by atoms with van der Waals surface area (Å²) in [7, 11) is 0. The zero-order valence-electron chi connectivity index (χ0n) is 32.2. The first-order valence-electron chi connectivity index (χ1n) is 21.3. The van der Waals surface area contributed by atoms with Crippen LogP contribution < -0.4 is 22.1 Å². The van der Waals surface area contributed by atoms with E-state index in [0.29, 0.717) is 22.9 Å². The summed E-state index contributed by atoms with van der Waals surface area (Å²) < 4.78 is 0. The van der Waals surface area contributed by atoms with Crippen LogP contribution in [0.25, 0.3) is 0 Å². The molecule has 3 saturated carbocycles. The second kappa shape index (κ2) is 19.8. The van der Waals surface area contributed by atoms with E-state index in [0.717, 1.165) is 48.6 Å². The van der Waals surface area contributed by atoms with Crippen molar-refractivity contribution in [2.45, 2.75) is 188 Å². The molecule has 0 bridgehead atoms. The monoisotopic (exact) mass is 655 g/mol. The van der Waals surface area contributed by atoms with E-state index in [9.17, 15) is 0 Å². The van der Waals surface area contributed by atoms with E-state index in [4.69, 9.17) is 11.5 Å². The van der Waals surface area contributed by atoms with Gasteiger partial charge >= 0.3 is 0 Å². The quantitative estimate of drug-likeness (QED) is 0.0653. The molecule has 4 aliphatic rings. The van der Waals surface area contributed by atoms with Crippen LogP contribution >= 0.6 is 0 Å². The van der Waals surface area contributed by atoms with Crippen molar-refractivity contribution in [3.05, 3.63) is 11.6 Å². The summed E-state index contributed by atoms with van der Waals surface area (Å²) in [6.45, 7) is 17.0. The van der Waals surface area contributed by atoms with Crippen molar-refractivity contribution in [1.82, 2.24) is 10.6 Å². The van der Waals surface area contributed by atoms with Crippen molar-refractivity contribution < 1.29 is 0 Å². The van der Waals surface area contributed by atoms with Crippen LogP contribution in [-0.2, 0) is 0 Å². The lowest BCUT2D eigenvalue weighted by Gasteiger charge is -2.61. The van der Waals surface area contributed by atoms with Crippen molar-refractivity contribution in [1.29, 1.82) is 0 Å². The summed E-state index contributed by atoms with van der Waals surface area (Å²) in [4.78, 5) is 0. The van der Waals surface area contributed by atoms with Gasteiger partial charge in [-0.3, -0.25) is 0 Å². The molecule has 4 rings (SSSR count). The van der Waals surface area contributed by atoms with Crippen LogP contribution in [0.15, 0.2) is 11.6 Å². The highest BCUT2D eigenvalue weighted by molar-refractivity contribution is 5.31. The fourth-order valence-electron chi connectivity index (χ4n) is 11.7. The van der Waals surface area contributed by atoms with E-state index in [2.05, 4.69) is 51.3 Å². The van der Waals surface area contributed by atoms with Crippen LogP contribution in [0, 0.1) is 46.3 Å². The van der Waals surface area contributed by atoms with E-state index in [-0.39, 0.29) is 0 Å². The lowest BCUT2D eigenvalue weighted by molar-refractivity contribution is -0.0659. The molecule has 9 unspecified atom stereocenters. The minimum Gasteiger partial charge on any atom is -0.330 e. The highest BCUT2D eigenvalue weighted by Crippen LogP contribution is 2.67. The van der Waals surface area contributed by atoms with Crippen molar-refractivity contribution in [3.63, 3.8) is 0 Å². The Morgan fingerprint density at radius 2 is 1.30 bits per heavy atom. The summed E-state index contributed by atoms with van der Waals surface area (Å²) in [5.74, 6) is 5.40. The van der Waals surface area contributed by atoms with Crippen LogP contribution in [0.2, 0.25) is 0 Å². The number of unbranched alkanes of at least 4 members (excludes halogenated alkanes) is 10. The van der Waals surface area contributed by atoms with Gasteiger partial charge in [0, 0.05) is 12.1 Å². The standard InChI is InChI=1S/C43H82N4/c1-33(2)19-18-20-34(3)37-21-22-38-36-32-41(47-30-17-13-9-7-11-15-28-45)40-31-35(46-29-16-12-8-6-10-14-27-44)23-25-43(40,5)39(36)24-26-42(37,38)4/h31,33-39,41,46-47H,6-30,32,44-45H2,1-5H3. The van der Waals surface area contributed by atoms with Crippen LogP contribution in [0.5, 0.6) is 0 Å². The molecule has 0 heterocycles. The third-order valence-corrected chi connectivity index (χ3v) is 14.4. The fraction of sp³-hybridized carbons (Fsp3) is 0.953. The Hall–Kier alpha value is -0.420. The molecular weight excluding hydrogens is 573 g/mol. The minimum absolute atomic E-state index is 0.381. The molecular formula is C43H82N4. The molecule has 4 heteroatoms. The first-order chi connectivity index (χ1) is 22.7. The van der Waals surface area contributed by atoms with E-state index in [1.165, 1.54) is 154 Å². The number of nitrogens with one attached hydrogen (secondary N) is 2. The van der Waals surface area contributed by atoms with Crippen molar-refractivity contribution in [2.75, 3.05) is 26.2 Å². The molecule has 47 heavy (non-hydrogen) atoms. The summed E-state index contributed by atoms with van der Waals surface area (Å²) in [6, 6.07) is 1.14. The van der Waals surface area contributed by atoms with Gasteiger partial charge in [0.15, 0.2) is 0 Å². The molecule has 6 N–H and O–H groups in total. The Balaban J connectivity index is 1.41. The third-order valence-electron chi connectivity index (χ3n) is 14.4. The van der Waals surface area contributed by atoms with Gasteiger partial charge in [-0.1, -0.05) is 111 Å². The number of hydrogen-bond acceptors (Lipinski definition) is 4. The van der Waals surface area contributed by atoms with Crippen LogP contribution in [0.1, 0.15) is 176 Å². The molecule has 4 nitrogen and oxygen atoms in total. The Morgan fingerprint density at radius 1 is 0.681 bits per heavy atom. The molecule has 9 atom stereocenters.